The topological polar surface area (TPSA) is 60.4 Å². The maximum absolute atomic E-state index is 12.6. The molecule has 0 aliphatic heterocycles. The van der Waals surface area contributed by atoms with Crippen molar-refractivity contribution in [2.45, 2.75) is 49.3 Å². The SMILES string of the molecule is CCCCCCOC(=O)c1ccccc1SS(=O)(=O)c1ccc(C)cc1. The molecule has 140 valence electrons. The molecule has 0 atom stereocenters. The van der Waals surface area contributed by atoms with Gasteiger partial charge in [0.2, 0.25) is 8.87 Å². The number of carbonyl (C=O) groups excluding carboxylic acids is 1. The van der Waals surface area contributed by atoms with E-state index in [0.29, 0.717) is 22.3 Å². The molecule has 4 nitrogen and oxygen atoms in total. The van der Waals surface area contributed by atoms with E-state index in [1.165, 1.54) is 0 Å². The van der Waals surface area contributed by atoms with Crippen molar-refractivity contribution in [3.05, 3.63) is 59.7 Å². The minimum atomic E-state index is -3.61. The van der Waals surface area contributed by atoms with Crippen LogP contribution in [0.1, 0.15) is 48.5 Å². The molecule has 0 fully saturated rings. The zero-order valence-corrected chi connectivity index (χ0v) is 16.7. The first-order valence-electron chi connectivity index (χ1n) is 8.71. The van der Waals surface area contributed by atoms with Crippen LogP contribution in [0.5, 0.6) is 0 Å². The second-order valence-electron chi connectivity index (χ2n) is 6.04. The highest BCUT2D eigenvalue weighted by Crippen LogP contribution is 2.33. The number of esters is 1. The predicted octanol–water partition coefficient (Wildman–Crippen LogP) is 5.21. The van der Waals surface area contributed by atoms with Gasteiger partial charge in [0.1, 0.15) is 0 Å². The van der Waals surface area contributed by atoms with Gasteiger partial charge in [-0.1, -0.05) is 56.0 Å². The van der Waals surface area contributed by atoms with Crippen molar-refractivity contribution in [3.63, 3.8) is 0 Å². The summed E-state index contributed by atoms with van der Waals surface area (Å²) in [5, 5.41) is 0. The molecule has 2 aromatic rings. The van der Waals surface area contributed by atoms with E-state index in [1.807, 2.05) is 6.92 Å². The third kappa shape index (κ3) is 5.88. The molecule has 0 N–H and O–H groups in total. The fourth-order valence-electron chi connectivity index (χ4n) is 2.35. The van der Waals surface area contributed by atoms with E-state index in [2.05, 4.69) is 6.92 Å². The van der Waals surface area contributed by atoms with E-state index in [4.69, 9.17) is 4.74 Å². The minimum absolute atomic E-state index is 0.218. The fourth-order valence-corrected chi connectivity index (χ4v) is 5.30. The Hall–Kier alpha value is -1.79. The molecule has 2 aromatic carbocycles. The van der Waals surface area contributed by atoms with Gasteiger partial charge in [0.05, 0.1) is 17.1 Å². The average molecular weight is 393 g/mol. The molecule has 0 aromatic heterocycles. The highest BCUT2D eigenvalue weighted by molar-refractivity contribution is 8.72. The minimum Gasteiger partial charge on any atom is -0.462 e. The first kappa shape index (κ1) is 20.5. The Balaban J connectivity index is 2.10. The maximum atomic E-state index is 12.6. The average Bonchev–Trinajstić information content (AvgIpc) is 2.62. The van der Waals surface area contributed by atoms with Crippen molar-refractivity contribution in [1.82, 2.24) is 0 Å². The zero-order valence-electron chi connectivity index (χ0n) is 15.1. The predicted molar refractivity (Wildman–Crippen MR) is 105 cm³/mol. The summed E-state index contributed by atoms with van der Waals surface area (Å²) < 4.78 is 30.6. The Bertz CT molecular complexity index is 827. The van der Waals surface area contributed by atoms with Crippen LogP contribution < -0.4 is 0 Å². The summed E-state index contributed by atoms with van der Waals surface area (Å²) in [4.78, 5) is 12.9. The van der Waals surface area contributed by atoms with Crippen LogP contribution in [0, 0.1) is 6.92 Å². The second kappa shape index (κ2) is 9.78. The van der Waals surface area contributed by atoms with Crippen LogP contribution in [0.4, 0.5) is 0 Å². The number of rotatable bonds is 9. The van der Waals surface area contributed by atoms with E-state index in [0.717, 1.165) is 31.2 Å². The van der Waals surface area contributed by atoms with Gasteiger partial charge in [-0.2, -0.15) is 0 Å². The Morgan fingerprint density at radius 1 is 1.00 bits per heavy atom. The monoisotopic (exact) mass is 392 g/mol. The summed E-state index contributed by atoms with van der Waals surface area (Å²) in [5.41, 5.74) is 1.27. The molecule has 0 saturated carbocycles. The molecule has 26 heavy (non-hydrogen) atoms. The number of hydrogen-bond acceptors (Lipinski definition) is 5. The molecule has 0 saturated heterocycles. The first-order valence-corrected chi connectivity index (χ1v) is 11.5. The molecular formula is C20H24O4S2. The smallest absolute Gasteiger partial charge is 0.339 e. The Morgan fingerprint density at radius 2 is 1.69 bits per heavy atom. The van der Waals surface area contributed by atoms with Crippen molar-refractivity contribution in [1.29, 1.82) is 0 Å². The lowest BCUT2D eigenvalue weighted by atomic mass is 10.2. The molecule has 0 unspecified atom stereocenters. The summed E-state index contributed by atoms with van der Waals surface area (Å²) in [6.45, 7) is 4.37. The highest BCUT2D eigenvalue weighted by Gasteiger charge is 2.21. The molecule has 0 heterocycles. The largest absolute Gasteiger partial charge is 0.462 e. The van der Waals surface area contributed by atoms with Crippen LogP contribution in [0.3, 0.4) is 0 Å². The van der Waals surface area contributed by atoms with Crippen LogP contribution in [0.2, 0.25) is 0 Å². The summed E-state index contributed by atoms with van der Waals surface area (Å²) in [6.07, 6.45) is 4.06. The van der Waals surface area contributed by atoms with Crippen molar-refractivity contribution in [3.8, 4) is 0 Å². The number of carbonyl (C=O) groups is 1. The third-order valence-corrected chi connectivity index (χ3v) is 7.23. The number of ether oxygens (including phenoxy) is 1. The molecular weight excluding hydrogens is 368 g/mol. The number of benzene rings is 2. The standard InChI is InChI=1S/C20H24O4S2/c1-3-4-5-8-15-24-20(21)18-9-6-7-10-19(18)25-26(22,23)17-13-11-16(2)12-14-17/h6-7,9-14H,3-5,8,15H2,1-2H3. The van der Waals surface area contributed by atoms with Gasteiger partial charge in [-0.25, -0.2) is 13.2 Å². The number of aryl methyl sites for hydroxylation is 1. The highest BCUT2D eigenvalue weighted by atomic mass is 33.1. The molecule has 0 amide bonds. The lowest BCUT2D eigenvalue weighted by molar-refractivity contribution is 0.0494. The summed E-state index contributed by atoms with van der Waals surface area (Å²) in [6, 6.07) is 13.3. The van der Waals surface area contributed by atoms with E-state index in [1.54, 1.807) is 48.5 Å². The van der Waals surface area contributed by atoms with Gasteiger partial charge >= 0.3 is 5.97 Å². The zero-order chi connectivity index (χ0) is 19.0. The normalized spacial score (nSPS) is 11.3. The van der Waals surface area contributed by atoms with Gasteiger partial charge in [0, 0.05) is 15.7 Å². The Kier molecular flexibility index (Phi) is 7.72. The van der Waals surface area contributed by atoms with E-state index in [9.17, 15) is 13.2 Å². The number of hydrogen-bond donors (Lipinski definition) is 0. The molecule has 0 spiro atoms. The van der Waals surface area contributed by atoms with Crippen molar-refractivity contribution in [2.24, 2.45) is 0 Å². The van der Waals surface area contributed by atoms with Gasteiger partial charge in [0.15, 0.2) is 0 Å². The van der Waals surface area contributed by atoms with Crippen LogP contribution >= 0.6 is 10.8 Å². The third-order valence-electron chi connectivity index (χ3n) is 3.85. The summed E-state index contributed by atoms with van der Waals surface area (Å²) >= 11 is 0. The van der Waals surface area contributed by atoms with Crippen LogP contribution in [-0.4, -0.2) is 21.0 Å². The Morgan fingerprint density at radius 3 is 2.38 bits per heavy atom. The van der Waals surface area contributed by atoms with Gasteiger partial charge in [-0.15, -0.1) is 0 Å². The van der Waals surface area contributed by atoms with E-state index < -0.39 is 14.8 Å². The fraction of sp³-hybridized carbons (Fsp3) is 0.350. The summed E-state index contributed by atoms with van der Waals surface area (Å²) in [7, 11) is -2.93. The van der Waals surface area contributed by atoms with Gasteiger partial charge < -0.3 is 4.74 Å². The van der Waals surface area contributed by atoms with Crippen LogP contribution in [-0.2, 0) is 13.6 Å². The molecule has 6 heteroatoms. The van der Waals surface area contributed by atoms with Gasteiger partial charge in [-0.05, 0) is 37.6 Å². The van der Waals surface area contributed by atoms with Crippen LogP contribution in [0.15, 0.2) is 58.3 Å². The Labute approximate surface area is 159 Å². The van der Waals surface area contributed by atoms with Crippen LogP contribution in [0.25, 0.3) is 0 Å². The number of unbranched alkanes of at least 4 members (excludes halogenated alkanes) is 3. The lowest BCUT2D eigenvalue weighted by Crippen LogP contribution is -2.08. The molecule has 0 bridgehead atoms. The van der Waals surface area contributed by atoms with E-state index in [-0.39, 0.29) is 10.5 Å². The second-order valence-corrected chi connectivity index (χ2v) is 9.85. The molecule has 2 rings (SSSR count). The van der Waals surface area contributed by atoms with Gasteiger partial charge in [-0.3, -0.25) is 0 Å². The first-order chi connectivity index (χ1) is 12.4. The lowest BCUT2D eigenvalue weighted by Gasteiger charge is -2.10. The molecule has 0 aliphatic carbocycles. The maximum Gasteiger partial charge on any atom is 0.339 e. The van der Waals surface area contributed by atoms with E-state index >= 15 is 0 Å². The molecule has 0 radical (unpaired) electrons. The van der Waals surface area contributed by atoms with Crippen molar-refractivity contribution >= 4 is 25.6 Å². The van der Waals surface area contributed by atoms with Gasteiger partial charge in [0.25, 0.3) is 0 Å². The quantitative estimate of drug-likeness (QED) is 0.333. The van der Waals surface area contributed by atoms with Crippen molar-refractivity contribution in [2.75, 3.05) is 6.61 Å². The molecule has 0 aliphatic rings. The summed E-state index contributed by atoms with van der Waals surface area (Å²) in [5.74, 6) is -0.483. The van der Waals surface area contributed by atoms with Crippen molar-refractivity contribution < 1.29 is 17.9 Å².